The van der Waals surface area contributed by atoms with Crippen LogP contribution in [-0.4, -0.2) is 20.5 Å². The molecule has 0 spiro atoms. The molecule has 0 aliphatic carbocycles. The molecule has 0 unspecified atom stereocenters. The Labute approximate surface area is 168 Å². The summed E-state index contributed by atoms with van der Waals surface area (Å²) in [5.41, 5.74) is 4.06. The molecule has 1 rings (SSSR count). The summed E-state index contributed by atoms with van der Waals surface area (Å²) in [7, 11) is -0.647. The standard InChI is InChI=1S/C23H41BO3/c1-10-12-14-25-24(26-15-13-11-2)27-19-16-20(22(4,5)6)18(3)21(17-19)23(7,8)9/h16-17H,10-15H2,1-9H3. The van der Waals surface area contributed by atoms with Crippen molar-refractivity contribution in [2.75, 3.05) is 13.2 Å². The lowest BCUT2D eigenvalue weighted by Crippen LogP contribution is -2.32. The summed E-state index contributed by atoms with van der Waals surface area (Å²) >= 11 is 0. The maximum Gasteiger partial charge on any atom is 0.713 e. The van der Waals surface area contributed by atoms with E-state index in [1.807, 2.05) is 0 Å². The third-order valence-electron chi connectivity index (χ3n) is 4.73. The van der Waals surface area contributed by atoms with Crippen LogP contribution in [0.1, 0.15) is 97.8 Å². The fraction of sp³-hybridized carbons (Fsp3) is 0.739. The highest BCUT2D eigenvalue weighted by molar-refractivity contribution is 6.37. The number of hydrogen-bond donors (Lipinski definition) is 0. The summed E-state index contributed by atoms with van der Waals surface area (Å²) in [6, 6.07) is 4.31. The molecule has 27 heavy (non-hydrogen) atoms. The molecule has 0 N–H and O–H groups in total. The molecule has 0 fully saturated rings. The van der Waals surface area contributed by atoms with E-state index in [2.05, 4.69) is 74.4 Å². The average Bonchev–Trinajstić information content (AvgIpc) is 2.54. The minimum Gasteiger partial charge on any atom is -0.512 e. The SMILES string of the molecule is CCCCOB(OCCCC)Oc1cc(C(C)(C)C)c(C)c(C(C)(C)C)c1. The second-order valence-corrected chi connectivity index (χ2v) is 9.50. The van der Waals surface area contributed by atoms with Gasteiger partial charge in [0.05, 0.1) is 0 Å². The lowest BCUT2D eigenvalue weighted by Gasteiger charge is -2.30. The first-order chi connectivity index (χ1) is 12.5. The van der Waals surface area contributed by atoms with Crippen LogP contribution in [-0.2, 0) is 20.1 Å². The quantitative estimate of drug-likeness (QED) is 0.341. The molecule has 1 aromatic carbocycles. The Hall–Kier alpha value is -0.995. The van der Waals surface area contributed by atoms with Crippen molar-refractivity contribution in [3.8, 4) is 5.75 Å². The van der Waals surface area contributed by atoms with Crippen molar-refractivity contribution >= 4 is 7.32 Å². The summed E-state index contributed by atoms with van der Waals surface area (Å²) < 4.78 is 17.9. The second-order valence-electron chi connectivity index (χ2n) is 9.50. The summed E-state index contributed by atoms with van der Waals surface area (Å²) in [5.74, 6) is 0.827. The Morgan fingerprint density at radius 3 is 1.52 bits per heavy atom. The van der Waals surface area contributed by atoms with E-state index in [1.54, 1.807) is 0 Å². The Morgan fingerprint density at radius 2 is 1.19 bits per heavy atom. The van der Waals surface area contributed by atoms with Crippen molar-refractivity contribution < 1.29 is 14.0 Å². The molecule has 0 heterocycles. The van der Waals surface area contributed by atoms with Gasteiger partial charge in [0.2, 0.25) is 0 Å². The lowest BCUT2D eigenvalue weighted by atomic mass is 9.76. The Bertz CT molecular complexity index is 525. The first kappa shape index (κ1) is 24.0. The zero-order valence-electron chi connectivity index (χ0n) is 19.2. The van der Waals surface area contributed by atoms with Gasteiger partial charge in [-0.1, -0.05) is 68.2 Å². The molecule has 3 nitrogen and oxygen atoms in total. The van der Waals surface area contributed by atoms with Gasteiger partial charge >= 0.3 is 7.32 Å². The maximum atomic E-state index is 6.19. The van der Waals surface area contributed by atoms with Gasteiger partial charge in [-0.3, -0.25) is 0 Å². The molecule has 0 saturated carbocycles. The predicted molar refractivity (Wildman–Crippen MR) is 117 cm³/mol. The van der Waals surface area contributed by atoms with Crippen LogP contribution in [0.4, 0.5) is 0 Å². The van der Waals surface area contributed by atoms with E-state index in [9.17, 15) is 0 Å². The largest absolute Gasteiger partial charge is 0.713 e. The van der Waals surface area contributed by atoms with Gasteiger partial charge in [0.1, 0.15) is 5.75 Å². The van der Waals surface area contributed by atoms with Crippen LogP contribution in [0.25, 0.3) is 0 Å². The van der Waals surface area contributed by atoms with Gasteiger partial charge in [0.25, 0.3) is 0 Å². The Kier molecular flexibility index (Phi) is 9.37. The van der Waals surface area contributed by atoms with Crippen molar-refractivity contribution in [1.82, 2.24) is 0 Å². The van der Waals surface area contributed by atoms with Crippen LogP contribution in [0.3, 0.4) is 0 Å². The van der Waals surface area contributed by atoms with Gasteiger partial charge < -0.3 is 14.0 Å². The van der Waals surface area contributed by atoms with Crippen LogP contribution < -0.4 is 4.65 Å². The maximum absolute atomic E-state index is 6.19. The molecule has 154 valence electrons. The molecule has 1 aromatic rings. The highest BCUT2D eigenvalue weighted by Crippen LogP contribution is 2.37. The normalized spacial score (nSPS) is 12.3. The third-order valence-corrected chi connectivity index (χ3v) is 4.73. The number of rotatable bonds is 10. The lowest BCUT2D eigenvalue weighted by molar-refractivity contribution is 0.136. The molecule has 0 aromatic heterocycles. The highest BCUT2D eigenvalue weighted by atomic mass is 16.7. The molecule has 0 bridgehead atoms. The zero-order chi connectivity index (χ0) is 20.7. The van der Waals surface area contributed by atoms with E-state index in [4.69, 9.17) is 14.0 Å². The van der Waals surface area contributed by atoms with Crippen LogP contribution >= 0.6 is 0 Å². The predicted octanol–water partition coefficient (Wildman–Crippen LogP) is 6.59. The van der Waals surface area contributed by atoms with Gasteiger partial charge in [-0.2, -0.15) is 0 Å². The topological polar surface area (TPSA) is 27.7 Å². The van der Waals surface area contributed by atoms with E-state index in [1.165, 1.54) is 16.7 Å². The van der Waals surface area contributed by atoms with Gasteiger partial charge in [-0.15, -0.1) is 0 Å². The Morgan fingerprint density at radius 1 is 0.778 bits per heavy atom. The van der Waals surface area contributed by atoms with Crippen LogP contribution in [0.2, 0.25) is 0 Å². The molecule has 0 saturated heterocycles. The van der Waals surface area contributed by atoms with E-state index in [0.29, 0.717) is 13.2 Å². The monoisotopic (exact) mass is 376 g/mol. The molecule has 0 atom stereocenters. The molecule has 0 amide bonds. The van der Waals surface area contributed by atoms with Crippen LogP contribution in [0.15, 0.2) is 12.1 Å². The molecule has 0 radical (unpaired) electrons. The average molecular weight is 376 g/mol. The number of hydrogen-bond acceptors (Lipinski definition) is 3. The third kappa shape index (κ3) is 7.87. The zero-order valence-corrected chi connectivity index (χ0v) is 19.2. The van der Waals surface area contributed by atoms with Crippen LogP contribution in [0, 0.1) is 6.92 Å². The first-order valence-corrected chi connectivity index (χ1v) is 10.6. The first-order valence-electron chi connectivity index (χ1n) is 10.6. The molecule has 4 heteroatoms. The van der Waals surface area contributed by atoms with Crippen LogP contribution in [0.5, 0.6) is 5.75 Å². The molecular weight excluding hydrogens is 335 g/mol. The fourth-order valence-corrected chi connectivity index (χ4v) is 3.19. The van der Waals surface area contributed by atoms with Gasteiger partial charge in [0.15, 0.2) is 0 Å². The van der Waals surface area contributed by atoms with Crippen molar-refractivity contribution in [1.29, 1.82) is 0 Å². The number of benzene rings is 1. The fourth-order valence-electron chi connectivity index (χ4n) is 3.19. The van der Waals surface area contributed by atoms with E-state index >= 15 is 0 Å². The second kappa shape index (κ2) is 10.5. The summed E-state index contributed by atoms with van der Waals surface area (Å²) in [6.07, 6.45) is 4.19. The summed E-state index contributed by atoms with van der Waals surface area (Å²) in [6.45, 7) is 21.3. The van der Waals surface area contributed by atoms with E-state index < -0.39 is 7.32 Å². The van der Waals surface area contributed by atoms with Gasteiger partial charge in [-0.25, -0.2) is 0 Å². The van der Waals surface area contributed by atoms with E-state index in [-0.39, 0.29) is 10.8 Å². The van der Waals surface area contributed by atoms with Crippen molar-refractivity contribution in [2.24, 2.45) is 0 Å². The molecular formula is C23H41BO3. The Balaban J connectivity index is 3.16. The minimum absolute atomic E-state index is 0.0467. The highest BCUT2D eigenvalue weighted by Gasteiger charge is 2.28. The molecule has 0 aliphatic heterocycles. The smallest absolute Gasteiger partial charge is 0.512 e. The summed E-state index contributed by atoms with van der Waals surface area (Å²) in [5, 5.41) is 0. The van der Waals surface area contributed by atoms with Crippen molar-refractivity contribution in [3.63, 3.8) is 0 Å². The minimum atomic E-state index is -0.647. The van der Waals surface area contributed by atoms with Gasteiger partial charge in [-0.05, 0) is 59.4 Å². The van der Waals surface area contributed by atoms with Gasteiger partial charge in [0, 0.05) is 13.2 Å². The van der Waals surface area contributed by atoms with Crippen molar-refractivity contribution in [3.05, 3.63) is 28.8 Å². The summed E-state index contributed by atoms with van der Waals surface area (Å²) in [4.78, 5) is 0. The number of unbranched alkanes of at least 4 members (excludes halogenated alkanes) is 2. The van der Waals surface area contributed by atoms with Crippen molar-refractivity contribution in [2.45, 2.75) is 98.8 Å². The van der Waals surface area contributed by atoms with E-state index in [0.717, 1.165) is 31.4 Å². The molecule has 0 aliphatic rings.